The first-order valence-corrected chi connectivity index (χ1v) is 9.46. The summed E-state index contributed by atoms with van der Waals surface area (Å²) >= 11 is 0. The highest BCUT2D eigenvalue weighted by Gasteiger charge is 2.20. The zero-order chi connectivity index (χ0) is 15.3. The summed E-state index contributed by atoms with van der Waals surface area (Å²) in [6, 6.07) is 4.38. The van der Waals surface area contributed by atoms with Crippen LogP contribution in [0.2, 0.25) is 0 Å². The number of rotatable bonds is 6. The number of nitrogens with one attached hydrogen (secondary N) is 1. The molecule has 1 aromatic rings. The third-order valence-electron chi connectivity index (χ3n) is 3.65. The maximum Gasteiger partial charge on any atom is 0.151 e. The summed E-state index contributed by atoms with van der Waals surface area (Å²) in [4.78, 5) is 2.24. The molecule has 0 unspecified atom stereocenters. The Morgan fingerprint density at radius 2 is 2.19 bits per heavy atom. The monoisotopic (exact) mass is 312 g/mol. The van der Waals surface area contributed by atoms with Gasteiger partial charge in [0.05, 0.1) is 11.4 Å². The first kappa shape index (κ1) is 16.2. The van der Waals surface area contributed by atoms with Gasteiger partial charge in [-0.3, -0.25) is 0 Å². The molecule has 0 amide bonds. The highest BCUT2D eigenvalue weighted by Crippen LogP contribution is 2.17. The Kier molecular flexibility index (Phi) is 5.52. The van der Waals surface area contributed by atoms with Crippen molar-refractivity contribution in [3.8, 4) is 0 Å². The van der Waals surface area contributed by atoms with Crippen LogP contribution >= 0.6 is 0 Å². The van der Waals surface area contributed by atoms with Crippen LogP contribution in [0, 0.1) is 6.92 Å². The van der Waals surface area contributed by atoms with Gasteiger partial charge in [-0.2, -0.15) is 5.10 Å². The third kappa shape index (κ3) is 5.59. The van der Waals surface area contributed by atoms with E-state index in [-0.39, 0.29) is 5.75 Å². The van der Waals surface area contributed by atoms with E-state index in [2.05, 4.69) is 20.4 Å². The molecule has 2 rings (SSSR count). The summed E-state index contributed by atoms with van der Waals surface area (Å²) in [5, 5.41) is 11.8. The van der Waals surface area contributed by atoms with Gasteiger partial charge in [-0.1, -0.05) is 0 Å². The smallest absolute Gasteiger partial charge is 0.151 e. The number of aryl methyl sites for hydroxylation is 1. The lowest BCUT2D eigenvalue weighted by molar-refractivity contribution is 0.421. The van der Waals surface area contributed by atoms with Crippen molar-refractivity contribution < 1.29 is 8.42 Å². The predicted octanol–water partition coefficient (Wildman–Crippen LogP) is 0.778. The Labute approximate surface area is 126 Å². The highest BCUT2D eigenvalue weighted by atomic mass is 32.2. The summed E-state index contributed by atoms with van der Waals surface area (Å²) in [7, 11) is -2.85. The van der Waals surface area contributed by atoms with Gasteiger partial charge in [0.2, 0.25) is 0 Å². The van der Waals surface area contributed by atoms with Crippen molar-refractivity contribution in [2.75, 3.05) is 36.5 Å². The van der Waals surface area contributed by atoms with Gasteiger partial charge in [0.1, 0.15) is 9.84 Å². The van der Waals surface area contributed by atoms with Gasteiger partial charge in [0.15, 0.2) is 5.82 Å². The van der Waals surface area contributed by atoms with Gasteiger partial charge in [0.25, 0.3) is 0 Å². The average molecular weight is 312 g/mol. The van der Waals surface area contributed by atoms with Crippen molar-refractivity contribution in [3.05, 3.63) is 17.8 Å². The van der Waals surface area contributed by atoms with Gasteiger partial charge in [-0.05, 0) is 44.9 Å². The third-order valence-corrected chi connectivity index (χ3v) is 4.68. The molecule has 0 spiro atoms. The Morgan fingerprint density at radius 3 is 2.86 bits per heavy atom. The molecule has 1 fully saturated rings. The van der Waals surface area contributed by atoms with Gasteiger partial charge < -0.3 is 10.2 Å². The lowest BCUT2D eigenvalue weighted by Gasteiger charge is -2.33. The van der Waals surface area contributed by atoms with Gasteiger partial charge in [-0.15, -0.1) is 5.10 Å². The number of hydrogen-bond donors (Lipinski definition) is 1. The molecular weight excluding hydrogens is 288 g/mol. The summed E-state index contributed by atoms with van der Waals surface area (Å²) in [6.07, 6.45) is 4.18. The van der Waals surface area contributed by atoms with E-state index < -0.39 is 9.84 Å². The molecule has 2 heterocycles. The first-order valence-electron chi connectivity index (χ1n) is 7.40. The minimum atomic E-state index is -2.85. The Hall–Kier alpha value is -1.21. The SMILES string of the molecule is Cc1ccc(N2CCC[C@@H](NCCCS(C)(=O)=O)C2)nn1. The molecule has 1 aliphatic heterocycles. The largest absolute Gasteiger partial charge is 0.354 e. The van der Waals surface area contributed by atoms with E-state index in [0.717, 1.165) is 44.0 Å². The zero-order valence-corrected chi connectivity index (χ0v) is 13.6. The minimum Gasteiger partial charge on any atom is -0.354 e. The van der Waals surface area contributed by atoms with E-state index in [1.165, 1.54) is 6.26 Å². The molecular formula is C14H24N4O2S. The summed E-state index contributed by atoms with van der Waals surface area (Å²) < 4.78 is 22.2. The van der Waals surface area contributed by atoms with E-state index >= 15 is 0 Å². The molecule has 0 bridgehead atoms. The fraction of sp³-hybridized carbons (Fsp3) is 0.714. The predicted molar refractivity (Wildman–Crippen MR) is 84.3 cm³/mol. The topological polar surface area (TPSA) is 75.2 Å². The van der Waals surface area contributed by atoms with Crippen LogP contribution in [0.4, 0.5) is 5.82 Å². The normalized spacial score (nSPS) is 19.7. The molecule has 7 heteroatoms. The average Bonchev–Trinajstić information content (AvgIpc) is 2.44. The van der Waals surface area contributed by atoms with Crippen molar-refractivity contribution in [2.24, 2.45) is 0 Å². The molecule has 1 N–H and O–H groups in total. The lowest BCUT2D eigenvalue weighted by Crippen LogP contribution is -2.46. The molecule has 1 aliphatic rings. The molecule has 0 aliphatic carbocycles. The van der Waals surface area contributed by atoms with E-state index in [4.69, 9.17) is 0 Å². The first-order chi connectivity index (χ1) is 9.94. The van der Waals surface area contributed by atoms with Crippen molar-refractivity contribution in [2.45, 2.75) is 32.2 Å². The fourth-order valence-corrected chi connectivity index (χ4v) is 3.22. The van der Waals surface area contributed by atoms with Crippen LogP contribution in [0.25, 0.3) is 0 Å². The number of piperidine rings is 1. The molecule has 0 radical (unpaired) electrons. The fourth-order valence-electron chi connectivity index (χ4n) is 2.55. The van der Waals surface area contributed by atoms with E-state index in [0.29, 0.717) is 12.5 Å². The number of nitrogens with zero attached hydrogens (tertiary/aromatic N) is 3. The van der Waals surface area contributed by atoms with Crippen LogP contribution in [0.15, 0.2) is 12.1 Å². The summed E-state index contributed by atoms with van der Waals surface area (Å²) in [5.74, 6) is 1.17. The van der Waals surface area contributed by atoms with Crippen LogP contribution in [0.3, 0.4) is 0 Å². The Balaban J connectivity index is 1.79. The molecule has 1 saturated heterocycles. The molecule has 118 valence electrons. The number of anilines is 1. The van der Waals surface area contributed by atoms with Crippen LogP contribution in [-0.4, -0.2) is 56.3 Å². The molecule has 0 saturated carbocycles. The van der Waals surface area contributed by atoms with Crippen molar-refractivity contribution in [1.82, 2.24) is 15.5 Å². The maximum absolute atomic E-state index is 11.1. The van der Waals surface area contributed by atoms with Crippen LogP contribution in [-0.2, 0) is 9.84 Å². The second-order valence-corrected chi connectivity index (χ2v) is 8.02. The number of sulfone groups is 1. The molecule has 21 heavy (non-hydrogen) atoms. The second-order valence-electron chi connectivity index (χ2n) is 5.76. The Morgan fingerprint density at radius 1 is 1.38 bits per heavy atom. The van der Waals surface area contributed by atoms with E-state index in [1.807, 2.05) is 19.1 Å². The quantitative estimate of drug-likeness (QED) is 0.782. The van der Waals surface area contributed by atoms with Crippen LogP contribution < -0.4 is 10.2 Å². The van der Waals surface area contributed by atoms with Crippen LogP contribution in [0.1, 0.15) is 25.0 Å². The molecule has 0 aromatic carbocycles. The highest BCUT2D eigenvalue weighted by molar-refractivity contribution is 7.90. The van der Waals surface area contributed by atoms with Gasteiger partial charge >= 0.3 is 0 Å². The summed E-state index contributed by atoms with van der Waals surface area (Å²) in [6.45, 7) is 4.57. The van der Waals surface area contributed by atoms with E-state index in [1.54, 1.807) is 0 Å². The Bertz CT molecular complexity index is 545. The van der Waals surface area contributed by atoms with Crippen LogP contribution in [0.5, 0.6) is 0 Å². The molecule has 1 atom stereocenters. The molecule has 6 nitrogen and oxygen atoms in total. The van der Waals surface area contributed by atoms with E-state index in [9.17, 15) is 8.42 Å². The van der Waals surface area contributed by atoms with Gasteiger partial charge in [-0.25, -0.2) is 8.42 Å². The molecule has 1 aromatic heterocycles. The summed E-state index contributed by atoms with van der Waals surface area (Å²) in [5.41, 5.74) is 0.922. The van der Waals surface area contributed by atoms with Crippen molar-refractivity contribution >= 4 is 15.7 Å². The lowest BCUT2D eigenvalue weighted by atomic mass is 10.1. The number of hydrogen-bond acceptors (Lipinski definition) is 6. The van der Waals surface area contributed by atoms with Gasteiger partial charge in [0, 0.05) is 25.4 Å². The zero-order valence-electron chi connectivity index (χ0n) is 12.7. The minimum absolute atomic E-state index is 0.250. The maximum atomic E-state index is 11.1. The van der Waals surface area contributed by atoms with Crippen molar-refractivity contribution in [1.29, 1.82) is 0 Å². The van der Waals surface area contributed by atoms with Crippen molar-refractivity contribution in [3.63, 3.8) is 0 Å². The number of aromatic nitrogens is 2. The standard InChI is InChI=1S/C14H24N4O2S/c1-12-6-7-14(17-16-12)18-9-3-5-13(11-18)15-8-4-10-21(2,19)20/h6-7,13,15H,3-5,8-11H2,1-2H3/t13-/m1/s1. The second kappa shape index (κ2) is 7.17.